The summed E-state index contributed by atoms with van der Waals surface area (Å²) in [7, 11) is 0. The summed E-state index contributed by atoms with van der Waals surface area (Å²) in [6.07, 6.45) is 4.64. The second kappa shape index (κ2) is 12.0. The number of nitrogens with zero attached hydrogens (tertiary/aromatic N) is 2. The molecule has 0 radical (unpaired) electrons. The molecular weight excluding hydrogens is 390 g/mol. The molecule has 2 aliphatic heterocycles. The molecule has 0 unspecified atom stereocenters. The maximum absolute atomic E-state index is 13.0. The monoisotopic (exact) mass is 425 g/mol. The van der Waals surface area contributed by atoms with E-state index in [1.807, 2.05) is 0 Å². The summed E-state index contributed by atoms with van der Waals surface area (Å²) in [6, 6.07) is -1.11. The molecular formula is C20H35N5O5. The largest absolute Gasteiger partial charge is 0.480 e. The van der Waals surface area contributed by atoms with Gasteiger partial charge in [0.05, 0.1) is 5.92 Å². The Morgan fingerprint density at radius 3 is 2.53 bits per heavy atom. The van der Waals surface area contributed by atoms with Crippen LogP contribution >= 0.6 is 0 Å². The second-order valence-corrected chi connectivity index (χ2v) is 8.21. The molecule has 0 aromatic carbocycles. The fourth-order valence-electron chi connectivity index (χ4n) is 3.99. The standard InChI is InChI=1S/C20H35N5O5/c1-14(20(29)30)23-25(18(27)6-9-21)19(28)16-3-2-12-24(13-16)17(26)5-4-15-7-10-22-11-8-15/h14-16,22-23H,2-13,21H2,1H3,(H,29,30)/t14-,16+/m0/s1. The van der Waals surface area contributed by atoms with Crippen molar-refractivity contribution in [3.05, 3.63) is 0 Å². The topological polar surface area (TPSA) is 145 Å². The molecule has 0 aromatic rings. The summed E-state index contributed by atoms with van der Waals surface area (Å²) in [5, 5.41) is 13.2. The van der Waals surface area contributed by atoms with Crippen LogP contribution in [0.5, 0.6) is 0 Å². The van der Waals surface area contributed by atoms with E-state index in [0.29, 0.717) is 31.7 Å². The molecule has 2 aliphatic rings. The Hall–Kier alpha value is -2.04. The summed E-state index contributed by atoms with van der Waals surface area (Å²) >= 11 is 0. The normalized spacial score (nSPS) is 21.1. The first-order valence-corrected chi connectivity index (χ1v) is 10.9. The van der Waals surface area contributed by atoms with Crippen molar-refractivity contribution in [3.8, 4) is 0 Å². The Morgan fingerprint density at radius 1 is 1.20 bits per heavy atom. The minimum absolute atomic E-state index is 0.0396. The number of imide groups is 1. The summed E-state index contributed by atoms with van der Waals surface area (Å²) in [5.41, 5.74) is 7.91. The third-order valence-corrected chi connectivity index (χ3v) is 5.87. The minimum atomic E-state index is -1.17. The van der Waals surface area contributed by atoms with Crippen molar-refractivity contribution in [1.29, 1.82) is 0 Å². The number of likely N-dealkylation sites (tertiary alicyclic amines) is 1. The molecule has 0 aromatic heterocycles. The number of piperidine rings is 2. The van der Waals surface area contributed by atoms with Gasteiger partial charge in [-0.2, -0.15) is 0 Å². The zero-order valence-corrected chi connectivity index (χ0v) is 17.8. The predicted octanol–water partition coefficient (Wildman–Crippen LogP) is -0.313. The maximum Gasteiger partial charge on any atom is 0.322 e. The van der Waals surface area contributed by atoms with Gasteiger partial charge >= 0.3 is 5.97 Å². The van der Waals surface area contributed by atoms with Gasteiger partial charge in [0.2, 0.25) is 17.7 Å². The zero-order chi connectivity index (χ0) is 22.1. The van der Waals surface area contributed by atoms with Gasteiger partial charge in [0.1, 0.15) is 6.04 Å². The molecule has 5 N–H and O–H groups in total. The van der Waals surface area contributed by atoms with Gasteiger partial charge in [-0.05, 0) is 58.0 Å². The zero-order valence-electron chi connectivity index (χ0n) is 17.8. The average molecular weight is 426 g/mol. The fourth-order valence-corrected chi connectivity index (χ4v) is 3.99. The number of hydrazine groups is 1. The average Bonchev–Trinajstić information content (AvgIpc) is 2.76. The highest BCUT2D eigenvalue weighted by atomic mass is 16.4. The van der Waals surface area contributed by atoms with Crippen molar-refractivity contribution in [2.75, 3.05) is 32.7 Å². The minimum Gasteiger partial charge on any atom is -0.480 e. The Kier molecular flexibility index (Phi) is 9.67. The van der Waals surface area contributed by atoms with Crippen molar-refractivity contribution >= 4 is 23.7 Å². The number of carbonyl (C=O) groups excluding carboxylic acids is 3. The lowest BCUT2D eigenvalue weighted by molar-refractivity contribution is -0.155. The van der Waals surface area contributed by atoms with Gasteiger partial charge in [-0.1, -0.05) is 0 Å². The number of carbonyl (C=O) groups is 4. The lowest BCUT2D eigenvalue weighted by atomic mass is 9.92. The van der Waals surface area contributed by atoms with Gasteiger partial charge in [-0.3, -0.25) is 19.2 Å². The van der Waals surface area contributed by atoms with Gasteiger partial charge in [0.25, 0.3) is 0 Å². The number of rotatable bonds is 9. The molecule has 2 fully saturated rings. The van der Waals surface area contributed by atoms with Crippen molar-refractivity contribution in [1.82, 2.24) is 20.7 Å². The van der Waals surface area contributed by atoms with Gasteiger partial charge in [-0.15, -0.1) is 0 Å². The molecule has 0 spiro atoms. The molecule has 2 rings (SSSR count). The molecule has 10 heteroatoms. The van der Waals surface area contributed by atoms with Crippen LogP contribution in [0.15, 0.2) is 0 Å². The van der Waals surface area contributed by atoms with Crippen LogP contribution in [0, 0.1) is 11.8 Å². The highest BCUT2D eigenvalue weighted by Crippen LogP contribution is 2.22. The highest BCUT2D eigenvalue weighted by Gasteiger charge is 2.35. The van der Waals surface area contributed by atoms with Gasteiger partial charge in [-0.25, -0.2) is 10.4 Å². The van der Waals surface area contributed by atoms with E-state index < -0.39 is 29.7 Å². The molecule has 3 amide bonds. The van der Waals surface area contributed by atoms with Crippen LogP contribution in [0.3, 0.4) is 0 Å². The predicted molar refractivity (Wildman–Crippen MR) is 110 cm³/mol. The van der Waals surface area contributed by atoms with Gasteiger partial charge in [0.15, 0.2) is 0 Å². The van der Waals surface area contributed by atoms with Crippen molar-refractivity contribution in [2.24, 2.45) is 17.6 Å². The molecule has 2 heterocycles. The number of carboxylic acids is 1. The van der Waals surface area contributed by atoms with Crippen molar-refractivity contribution in [3.63, 3.8) is 0 Å². The fraction of sp³-hybridized carbons (Fsp3) is 0.800. The van der Waals surface area contributed by atoms with Gasteiger partial charge < -0.3 is 21.1 Å². The third-order valence-electron chi connectivity index (χ3n) is 5.87. The third kappa shape index (κ3) is 7.03. The number of aliphatic carboxylic acids is 1. The molecule has 2 atom stereocenters. The van der Waals surface area contributed by atoms with E-state index in [0.717, 1.165) is 37.4 Å². The Labute approximate surface area is 177 Å². The molecule has 0 bridgehead atoms. The maximum atomic E-state index is 13.0. The number of hydrogen-bond donors (Lipinski definition) is 4. The Balaban J connectivity index is 1.95. The summed E-state index contributed by atoms with van der Waals surface area (Å²) in [5.74, 6) is -2.19. The number of amides is 3. The molecule has 2 saturated heterocycles. The molecule has 170 valence electrons. The molecule has 10 nitrogen and oxygen atoms in total. The lowest BCUT2D eigenvalue weighted by Crippen LogP contribution is -2.57. The quantitative estimate of drug-likeness (QED) is 0.368. The first-order chi connectivity index (χ1) is 14.3. The highest BCUT2D eigenvalue weighted by molar-refractivity contribution is 5.96. The van der Waals surface area contributed by atoms with Crippen LogP contribution < -0.4 is 16.5 Å². The van der Waals surface area contributed by atoms with E-state index in [-0.39, 0.29) is 25.4 Å². The molecule has 0 aliphatic carbocycles. The molecule has 30 heavy (non-hydrogen) atoms. The van der Waals surface area contributed by atoms with Crippen molar-refractivity contribution in [2.45, 2.75) is 57.9 Å². The Bertz CT molecular complexity index is 623. The number of hydrogen-bond acceptors (Lipinski definition) is 7. The van der Waals surface area contributed by atoms with E-state index in [9.17, 15) is 19.2 Å². The van der Waals surface area contributed by atoms with E-state index >= 15 is 0 Å². The van der Waals surface area contributed by atoms with Crippen LogP contribution in [0.4, 0.5) is 0 Å². The van der Waals surface area contributed by atoms with Crippen LogP contribution in [-0.4, -0.2) is 77.5 Å². The Morgan fingerprint density at radius 2 is 1.90 bits per heavy atom. The number of nitrogens with one attached hydrogen (secondary N) is 2. The van der Waals surface area contributed by atoms with Crippen LogP contribution in [0.2, 0.25) is 0 Å². The summed E-state index contributed by atoms with van der Waals surface area (Å²) < 4.78 is 0. The van der Waals surface area contributed by atoms with Crippen LogP contribution in [0.1, 0.15) is 51.9 Å². The van der Waals surface area contributed by atoms with Crippen molar-refractivity contribution < 1.29 is 24.3 Å². The van der Waals surface area contributed by atoms with E-state index in [1.165, 1.54) is 6.92 Å². The van der Waals surface area contributed by atoms with Gasteiger partial charge in [0, 0.05) is 32.5 Å². The SMILES string of the molecule is C[C@H](NN(C(=O)CCN)C(=O)[C@@H]1CCCN(C(=O)CCC2CCNCC2)C1)C(=O)O. The molecule has 0 saturated carbocycles. The first-order valence-electron chi connectivity index (χ1n) is 10.9. The second-order valence-electron chi connectivity index (χ2n) is 8.21. The van der Waals surface area contributed by atoms with E-state index in [4.69, 9.17) is 10.8 Å². The van der Waals surface area contributed by atoms with Crippen LogP contribution in [0.25, 0.3) is 0 Å². The lowest BCUT2D eigenvalue weighted by Gasteiger charge is -2.35. The summed E-state index contributed by atoms with van der Waals surface area (Å²) in [4.78, 5) is 50.9. The summed E-state index contributed by atoms with van der Waals surface area (Å²) in [6.45, 7) is 4.25. The van der Waals surface area contributed by atoms with E-state index in [2.05, 4.69) is 10.7 Å². The smallest absolute Gasteiger partial charge is 0.322 e. The number of carboxylic acid groups (broad SMARTS) is 1. The van der Waals surface area contributed by atoms with Crippen LogP contribution in [-0.2, 0) is 19.2 Å². The first kappa shape index (κ1) is 24.2. The number of nitrogens with two attached hydrogens (primary N) is 1. The van der Waals surface area contributed by atoms with E-state index in [1.54, 1.807) is 4.90 Å².